The average molecular weight is 516 g/mol. The number of hydrogen-bond donors (Lipinski definition) is 1. The number of fused-ring (bicyclic) bond motifs is 1. The molecule has 1 unspecified atom stereocenters. The zero-order chi connectivity index (χ0) is 23.8. The highest BCUT2D eigenvalue weighted by molar-refractivity contribution is 7.98. The van der Waals surface area contributed by atoms with Crippen LogP contribution in [-0.4, -0.2) is 40.7 Å². The van der Waals surface area contributed by atoms with Gasteiger partial charge in [0.15, 0.2) is 0 Å². The second kappa shape index (κ2) is 9.12. The third-order valence-electron chi connectivity index (χ3n) is 5.34. The molecule has 0 bridgehead atoms. The van der Waals surface area contributed by atoms with Crippen LogP contribution in [0.2, 0.25) is 10.0 Å². The van der Waals surface area contributed by atoms with E-state index >= 15 is 0 Å². The smallest absolute Gasteiger partial charge is 0.374 e. The zero-order valence-electron chi connectivity index (χ0n) is 17.2. The van der Waals surface area contributed by atoms with Crippen LogP contribution in [0.1, 0.15) is 28.0 Å². The number of alkyl halides is 3. The molecule has 11 heteroatoms. The van der Waals surface area contributed by atoms with Crippen molar-refractivity contribution in [3.63, 3.8) is 0 Å². The summed E-state index contributed by atoms with van der Waals surface area (Å²) in [7, 11) is 0. The van der Waals surface area contributed by atoms with Crippen LogP contribution in [-0.2, 0) is 10.4 Å². The Morgan fingerprint density at radius 3 is 2.64 bits per heavy atom. The minimum absolute atomic E-state index is 0.0582. The lowest BCUT2D eigenvalue weighted by molar-refractivity contribution is -0.275. The first kappa shape index (κ1) is 23.8. The van der Waals surface area contributed by atoms with Crippen molar-refractivity contribution >= 4 is 52.1 Å². The van der Waals surface area contributed by atoms with Crippen LogP contribution in [0.5, 0.6) is 0 Å². The van der Waals surface area contributed by atoms with Gasteiger partial charge < -0.3 is 14.6 Å². The molecule has 1 amide bonds. The number of carbonyl (C=O) groups is 1. The van der Waals surface area contributed by atoms with E-state index in [1.165, 1.54) is 18.2 Å². The summed E-state index contributed by atoms with van der Waals surface area (Å²) in [5.74, 6) is 0.504. The molecule has 1 aliphatic heterocycles. The lowest BCUT2D eigenvalue weighted by Crippen LogP contribution is -2.42. The molecule has 3 aromatic rings. The number of thioether (sulfide) groups is 1. The van der Waals surface area contributed by atoms with Gasteiger partial charge in [0.2, 0.25) is 0 Å². The predicted octanol–water partition coefficient (Wildman–Crippen LogP) is 5.92. The van der Waals surface area contributed by atoms with Crippen LogP contribution in [0.3, 0.4) is 0 Å². The van der Waals surface area contributed by atoms with Gasteiger partial charge in [0.25, 0.3) is 11.5 Å². The fraction of sp³-hybridized carbons (Fsp3) is 0.273. The molecule has 0 fully saturated rings. The number of amides is 1. The number of oxime groups is 1. The van der Waals surface area contributed by atoms with Crippen LogP contribution >= 0.6 is 35.0 Å². The Labute approximate surface area is 201 Å². The van der Waals surface area contributed by atoms with Gasteiger partial charge in [-0.25, -0.2) is 0 Å². The number of halogens is 5. The van der Waals surface area contributed by atoms with Crippen LogP contribution in [0, 0.1) is 0 Å². The zero-order valence-corrected chi connectivity index (χ0v) is 19.6. The van der Waals surface area contributed by atoms with E-state index in [2.05, 4.69) is 10.5 Å². The first-order valence-electron chi connectivity index (χ1n) is 9.82. The Bertz CT molecular complexity index is 1230. The molecule has 0 spiro atoms. The molecule has 0 radical (unpaired) electrons. The highest BCUT2D eigenvalue weighted by atomic mass is 35.5. The topological polar surface area (TPSA) is 55.1 Å². The van der Waals surface area contributed by atoms with E-state index in [1.54, 1.807) is 46.6 Å². The van der Waals surface area contributed by atoms with Crippen molar-refractivity contribution in [2.24, 2.45) is 5.16 Å². The Hall–Kier alpha value is -2.36. The van der Waals surface area contributed by atoms with E-state index in [-0.39, 0.29) is 27.2 Å². The molecule has 1 aromatic carbocycles. The lowest BCUT2D eigenvalue weighted by atomic mass is 9.87. The number of nitrogens with zero attached hydrogens (tertiary/aromatic N) is 2. The van der Waals surface area contributed by atoms with E-state index in [0.29, 0.717) is 23.3 Å². The molecule has 2 aromatic heterocycles. The van der Waals surface area contributed by atoms with Gasteiger partial charge in [0, 0.05) is 34.1 Å². The minimum atomic E-state index is -4.79. The summed E-state index contributed by atoms with van der Waals surface area (Å²) in [4.78, 5) is 17.7. The second-order valence-corrected chi connectivity index (χ2v) is 9.29. The summed E-state index contributed by atoms with van der Waals surface area (Å²) in [6.45, 7) is 0.505. The SMILES string of the molecule is CSCCNC(=O)c1ccc(C2=NOC(c3cc(Cl)cc(Cl)c3)(C(F)(F)F)C2)n2cccc12. The van der Waals surface area contributed by atoms with Gasteiger partial charge in [-0.1, -0.05) is 28.4 Å². The first-order valence-corrected chi connectivity index (χ1v) is 12.0. The summed E-state index contributed by atoms with van der Waals surface area (Å²) >= 11 is 13.5. The minimum Gasteiger partial charge on any atom is -0.374 e. The maximum atomic E-state index is 14.3. The lowest BCUT2D eigenvalue weighted by Gasteiger charge is -2.29. The van der Waals surface area contributed by atoms with Gasteiger partial charge in [-0.3, -0.25) is 4.79 Å². The third kappa shape index (κ3) is 4.41. The van der Waals surface area contributed by atoms with Crippen molar-refractivity contribution in [3.8, 4) is 0 Å². The van der Waals surface area contributed by atoms with E-state index in [9.17, 15) is 18.0 Å². The fourth-order valence-electron chi connectivity index (χ4n) is 3.76. The first-order chi connectivity index (χ1) is 15.7. The van der Waals surface area contributed by atoms with Gasteiger partial charge in [0.1, 0.15) is 5.71 Å². The van der Waals surface area contributed by atoms with Gasteiger partial charge in [-0.2, -0.15) is 24.9 Å². The van der Waals surface area contributed by atoms with Crippen molar-refractivity contribution in [2.75, 3.05) is 18.6 Å². The number of aromatic nitrogens is 1. The molecule has 33 heavy (non-hydrogen) atoms. The Morgan fingerprint density at radius 2 is 1.97 bits per heavy atom. The van der Waals surface area contributed by atoms with Crippen molar-refractivity contribution in [1.29, 1.82) is 0 Å². The summed E-state index contributed by atoms with van der Waals surface area (Å²) < 4.78 is 44.5. The molecular weight excluding hydrogens is 498 g/mol. The van der Waals surface area contributed by atoms with Crippen LogP contribution in [0.25, 0.3) is 5.52 Å². The van der Waals surface area contributed by atoms with Gasteiger partial charge in [-0.15, -0.1) is 0 Å². The quantitative estimate of drug-likeness (QED) is 0.414. The van der Waals surface area contributed by atoms with Crippen molar-refractivity contribution in [1.82, 2.24) is 9.72 Å². The molecule has 174 valence electrons. The monoisotopic (exact) mass is 515 g/mol. The molecule has 0 saturated carbocycles. The van der Waals surface area contributed by atoms with E-state index in [4.69, 9.17) is 28.0 Å². The summed E-state index contributed by atoms with van der Waals surface area (Å²) in [5, 5.41) is 6.76. The number of nitrogens with one attached hydrogen (secondary N) is 1. The number of benzene rings is 1. The molecule has 1 N–H and O–H groups in total. The molecule has 0 saturated heterocycles. The van der Waals surface area contributed by atoms with Crippen LogP contribution in [0.15, 0.2) is 53.8 Å². The van der Waals surface area contributed by atoms with Crippen molar-refractivity contribution in [2.45, 2.75) is 18.2 Å². The average Bonchev–Trinajstić information content (AvgIpc) is 3.40. The van der Waals surface area contributed by atoms with Gasteiger partial charge >= 0.3 is 6.18 Å². The number of carbonyl (C=O) groups excluding carboxylic acids is 1. The summed E-state index contributed by atoms with van der Waals surface area (Å²) in [6.07, 6.45) is -1.77. The fourth-order valence-corrected chi connectivity index (χ4v) is 4.59. The summed E-state index contributed by atoms with van der Waals surface area (Å²) in [6, 6.07) is 10.3. The molecule has 1 atom stereocenters. The molecule has 4 rings (SSSR count). The van der Waals surface area contributed by atoms with Crippen LogP contribution < -0.4 is 5.32 Å². The predicted molar refractivity (Wildman–Crippen MR) is 125 cm³/mol. The third-order valence-corrected chi connectivity index (χ3v) is 6.39. The molecule has 0 aliphatic carbocycles. The molecule has 1 aliphatic rings. The van der Waals surface area contributed by atoms with Crippen LogP contribution in [0.4, 0.5) is 13.2 Å². The standard InChI is InChI=1S/C22H18Cl2F3N3O2S/c1-33-8-6-28-20(31)16-4-5-19(30-7-2-3-18(16)30)17-12-21(32-29-17,22(25,26)27)13-9-14(23)11-15(24)10-13/h2-5,7,9-11H,6,8,12H2,1H3,(H,28,31). The van der Waals surface area contributed by atoms with E-state index < -0.39 is 18.2 Å². The highest BCUT2D eigenvalue weighted by Gasteiger charge is 2.62. The van der Waals surface area contributed by atoms with Crippen molar-refractivity contribution in [3.05, 3.63) is 75.5 Å². The molecular formula is C22H18Cl2F3N3O2S. The van der Waals surface area contributed by atoms with Gasteiger partial charge in [0.05, 0.1) is 23.2 Å². The largest absolute Gasteiger partial charge is 0.435 e. The van der Waals surface area contributed by atoms with E-state index in [0.717, 1.165) is 5.75 Å². The number of hydrogen-bond acceptors (Lipinski definition) is 4. The maximum absolute atomic E-state index is 14.3. The highest BCUT2D eigenvalue weighted by Crippen LogP contribution is 2.49. The Balaban J connectivity index is 1.71. The molecule has 3 heterocycles. The molecule has 5 nitrogen and oxygen atoms in total. The normalized spacial score (nSPS) is 18.3. The summed E-state index contributed by atoms with van der Waals surface area (Å²) in [5.41, 5.74) is -1.54. The number of pyridine rings is 1. The maximum Gasteiger partial charge on any atom is 0.435 e. The van der Waals surface area contributed by atoms with Crippen molar-refractivity contribution < 1.29 is 22.8 Å². The van der Waals surface area contributed by atoms with Gasteiger partial charge in [-0.05, 0) is 48.7 Å². The number of rotatable bonds is 6. The Morgan fingerprint density at radius 1 is 1.24 bits per heavy atom. The van der Waals surface area contributed by atoms with E-state index in [1.807, 2.05) is 6.26 Å². The second-order valence-electron chi connectivity index (χ2n) is 7.43. The Kier molecular flexibility index (Phi) is 6.57.